The lowest BCUT2D eigenvalue weighted by Gasteiger charge is -2.05. The van der Waals surface area contributed by atoms with E-state index in [1.165, 1.54) is 0 Å². The summed E-state index contributed by atoms with van der Waals surface area (Å²) in [6.07, 6.45) is 0. The first-order valence-electron chi connectivity index (χ1n) is 5.38. The summed E-state index contributed by atoms with van der Waals surface area (Å²) < 4.78 is 5.82. The number of pyridine rings is 1. The van der Waals surface area contributed by atoms with Crippen LogP contribution in [0.3, 0.4) is 0 Å². The molecule has 0 atom stereocenters. The lowest BCUT2D eigenvalue weighted by Crippen LogP contribution is -2.11. The molecule has 0 saturated carbocycles. The molecular formula is C13H12BrNO2. The number of ether oxygens (including phenoxy) is 1. The number of carbonyl (C=O) groups excluding carboxylic acids is 1. The second-order valence-corrected chi connectivity index (χ2v) is 4.43. The maximum atomic E-state index is 11.9. The zero-order valence-corrected chi connectivity index (χ0v) is 11.0. The molecule has 0 spiro atoms. The molecule has 3 nitrogen and oxygen atoms in total. The van der Waals surface area contributed by atoms with Crippen LogP contribution in [-0.2, 0) is 4.74 Å². The number of rotatable bonds is 4. The summed E-state index contributed by atoms with van der Waals surface area (Å²) in [5.74, 6) is -0.107. The van der Waals surface area contributed by atoms with Gasteiger partial charge in [-0.25, -0.2) is 4.98 Å². The Morgan fingerprint density at radius 1 is 1.41 bits per heavy atom. The molecule has 0 aliphatic rings. The van der Waals surface area contributed by atoms with Crippen LogP contribution < -0.4 is 0 Å². The van der Waals surface area contributed by atoms with Crippen molar-refractivity contribution in [1.82, 2.24) is 4.98 Å². The second kappa shape index (κ2) is 5.38. The Labute approximate surface area is 108 Å². The van der Waals surface area contributed by atoms with Gasteiger partial charge < -0.3 is 4.74 Å². The molecule has 0 saturated heterocycles. The lowest BCUT2D eigenvalue weighted by atomic mass is 10.2. The fourth-order valence-electron chi connectivity index (χ4n) is 1.55. The van der Waals surface area contributed by atoms with Crippen molar-refractivity contribution in [3.8, 4) is 0 Å². The van der Waals surface area contributed by atoms with E-state index in [1.54, 1.807) is 0 Å². The van der Waals surface area contributed by atoms with Crippen molar-refractivity contribution >= 4 is 32.6 Å². The SMILES string of the molecule is CCOCC(=O)c1nc2ccccc2cc1Br. The Morgan fingerprint density at radius 3 is 2.94 bits per heavy atom. The molecule has 0 unspecified atom stereocenters. The molecule has 4 heteroatoms. The average molecular weight is 294 g/mol. The molecule has 0 aliphatic carbocycles. The van der Waals surface area contributed by atoms with Gasteiger partial charge in [-0.05, 0) is 35.0 Å². The second-order valence-electron chi connectivity index (χ2n) is 3.57. The van der Waals surface area contributed by atoms with Gasteiger partial charge in [-0.2, -0.15) is 0 Å². The van der Waals surface area contributed by atoms with Crippen LogP contribution >= 0.6 is 15.9 Å². The predicted octanol–water partition coefficient (Wildman–Crippen LogP) is 3.22. The van der Waals surface area contributed by atoms with E-state index in [0.29, 0.717) is 16.8 Å². The van der Waals surface area contributed by atoms with Crippen molar-refractivity contribution < 1.29 is 9.53 Å². The third-order valence-corrected chi connectivity index (χ3v) is 2.98. The molecule has 1 heterocycles. The van der Waals surface area contributed by atoms with Gasteiger partial charge in [0, 0.05) is 16.5 Å². The molecule has 1 aromatic heterocycles. The molecule has 0 fully saturated rings. The number of fused-ring (bicyclic) bond motifs is 1. The van der Waals surface area contributed by atoms with Crippen molar-refractivity contribution in [3.63, 3.8) is 0 Å². The van der Waals surface area contributed by atoms with Crippen LogP contribution in [0.5, 0.6) is 0 Å². The highest BCUT2D eigenvalue weighted by atomic mass is 79.9. The van der Waals surface area contributed by atoms with Gasteiger partial charge in [0.05, 0.1) is 5.52 Å². The predicted molar refractivity (Wildman–Crippen MR) is 70.3 cm³/mol. The number of benzene rings is 1. The van der Waals surface area contributed by atoms with E-state index in [1.807, 2.05) is 37.3 Å². The van der Waals surface area contributed by atoms with Gasteiger partial charge in [-0.15, -0.1) is 0 Å². The summed E-state index contributed by atoms with van der Waals surface area (Å²) in [7, 11) is 0. The minimum Gasteiger partial charge on any atom is -0.374 e. The fourth-order valence-corrected chi connectivity index (χ4v) is 2.11. The van der Waals surface area contributed by atoms with Gasteiger partial charge in [0.25, 0.3) is 0 Å². The van der Waals surface area contributed by atoms with E-state index in [9.17, 15) is 4.79 Å². The first kappa shape index (κ1) is 12.2. The summed E-state index contributed by atoms with van der Waals surface area (Å²) in [4.78, 5) is 16.2. The quantitative estimate of drug-likeness (QED) is 0.813. The highest BCUT2D eigenvalue weighted by molar-refractivity contribution is 9.10. The van der Waals surface area contributed by atoms with Gasteiger partial charge in [0.15, 0.2) is 0 Å². The van der Waals surface area contributed by atoms with Crippen molar-refractivity contribution in [1.29, 1.82) is 0 Å². The summed E-state index contributed by atoms with van der Waals surface area (Å²) in [6.45, 7) is 2.45. The van der Waals surface area contributed by atoms with Crippen LogP contribution in [0.15, 0.2) is 34.8 Å². The number of carbonyl (C=O) groups is 1. The largest absolute Gasteiger partial charge is 0.374 e. The molecule has 2 aromatic rings. The van der Waals surface area contributed by atoms with Crippen LogP contribution in [-0.4, -0.2) is 24.0 Å². The third kappa shape index (κ3) is 2.70. The highest BCUT2D eigenvalue weighted by Gasteiger charge is 2.13. The van der Waals surface area contributed by atoms with E-state index in [2.05, 4.69) is 20.9 Å². The zero-order valence-electron chi connectivity index (χ0n) is 9.44. The molecule has 2 rings (SSSR count). The molecule has 0 radical (unpaired) electrons. The van der Waals surface area contributed by atoms with Crippen LogP contribution in [0, 0.1) is 0 Å². The van der Waals surface area contributed by atoms with Crippen molar-refractivity contribution in [3.05, 3.63) is 40.5 Å². The lowest BCUT2D eigenvalue weighted by molar-refractivity contribution is 0.0778. The molecule has 1 aromatic carbocycles. The smallest absolute Gasteiger partial charge is 0.207 e. The number of aromatic nitrogens is 1. The zero-order chi connectivity index (χ0) is 12.3. The number of ketones is 1. The molecule has 0 aliphatic heterocycles. The molecule has 0 N–H and O–H groups in total. The van der Waals surface area contributed by atoms with Gasteiger partial charge >= 0.3 is 0 Å². The summed E-state index contributed by atoms with van der Waals surface area (Å²) >= 11 is 3.37. The van der Waals surface area contributed by atoms with E-state index < -0.39 is 0 Å². The monoisotopic (exact) mass is 293 g/mol. The van der Waals surface area contributed by atoms with E-state index in [-0.39, 0.29) is 12.4 Å². The van der Waals surface area contributed by atoms with Gasteiger partial charge in [-0.3, -0.25) is 4.79 Å². The fraction of sp³-hybridized carbons (Fsp3) is 0.231. The molecule has 0 bridgehead atoms. The molecule has 17 heavy (non-hydrogen) atoms. The molecule has 0 amide bonds. The first-order valence-corrected chi connectivity index (χ1v) is 6.18. The molecular weight excluding hydrogens is 282 g/mol. The normalized spacial score (nSPS) is 10.7. The summed E-state index contributed by atoms with van der Waals surface area (Å²) in [6, 6.07) is 9.60. The number of Topliss-reactive ketones (excluding diaryl/α,β-unsaturated/α-hetero) is 1. The third-order valence-electron chi connectivity index (χ3n) is 2.38. The van der Waals surface area contributed by atoms with Crippen molar-refractivity contribution in [2.45, 2.75) is 6.92 Å². The Morgan fingerprint density at radius 2 is 2.18 bits per heavy atom. The Kier molecular flexibility index (Phi) is 3.86. The van der Waals surface area contributed by atoms with Crippen LogP contribution in [0.2, 0.25) is 0 Å². The van der Waals surface area contributed by atoms with Crippen molar-refractivity contribution in [2.75, 3.05) is 13.2 Å². The Bertz CT molecular complexity index is 554. The standard InChI is InChI=1S/C13H12BrNO2/c1-2-17-8-12(16)13-10(14)7-9-5-3-4-6-11(9)15-13/h3-7H,2,8H2,1H3. The van der Waals surface area contributed by atoms with E-state index in [4.69, 9.17) is 4.74 Å². The van der Waals surface area contributed by atoms with Crippen LogP contribution in [0.25, 0.3) is 10.9 Å². The maximum Gasteiger partial charge on any atom is 0.207 e. The topological polar surface area (TPSA) is 39.2 Å². The van der Waals surface area contributed by atoms with E-state index >= 15 is 0 Å². The van der Waals surface area contributed by atoms with Crippen LogP contribution in [0.1, 0.15) is 17.4 Å². The van der Waals surface area contributed by atoms with Gasteiger partial charge in [0.1, 0.15) is 12.3 Å². The number of halogens is 1. The first-order chi connectivity index (χ1) is 8.22. The van der Waals surface area contributed by atoms with Crippen molar-refractivity contribution in [2.24, 2.45) is 0 Å². The highest BCUT2D eigenvalue weighted by Crippen LogP contribution is 2.21. The number of para-hydroxylation sites is 1. The van der Waals surface area contributed by atoms with Gasteiger partial charge in [-0.1, -0.05) is 18.2 Å². The van der Waals surface area contributed by atoms with Gasteiger partial charge in [0.2, 0.25) is 5.78 Å². The van der Waals surface area contributed by atoms with Crippen LogP contribution in [0.4, 0.5) is 0 Å². The summed E-state index contributed by atoms with van der Waals surface area (Å²) in [5, 5.41) is 1.01. The average Bonchev–Trinajstić information content (AvgIpc) is 2.35. The Balaban J connectivity index is 2.40. The minimum absolute atomic E-state index is 0.0699. The molecule has 88 valence electrons. The summed E-state index contributed by atoms with van der Waals surface area (Å²) in [5.41, 5.74) is 1.24. The number of nitrogens with zero attached hydrogens (tertiary/aromatic N) is 1. The Hall–Kier alpha value is -1.26. The number of hydrogen-bond donors (Lipinski definition) is 0. The minimum atomic E-state index is -0.107. The maximum absolute atomic E-state index is 11.9. The van der Waals surface area contributed by atoms with E-state index in [0.717, 1.165) is 10.9 Å². The number of hydrogen-bond acceptors (Lipinski definition) is 3.